The number of aliphatic hydroxyl groups is 1. The van der Waals surface area contributed by atoms with Gasteiger partial charge in [0.05, 0.1) is 17.9 Å². The van der Waals surface area contributed by atoms with E-state index in [0.717, 1.165) is 31.7 Å². The second kappa shape index (κ2) is 8.12. The maximum atomic E-state index is 13.1. The Labute approximate surface area is 119 Å². The Morgan fingerprint density at radius 2 is 2.00 bits per heavy atom. The summed E-state index contributed by atoms with van der Waals surface area (Å²) in [5, 5.41) is 8.61. The van der Waals surface area contributed by atoms with Crippen LogP contribution in [0.4, 0.5) is 10.1 Å². The lowest BCUT2D eigenvalue weighted by Gasteiger charge is -2.07. The summed E-state index contributed by atoms with van der Waals surface area (Å²) < 4.78 is 18.5. The van der Waals surface area contributed by atoms with Gasteiger partial charge in [-0.05, 0) is 47.3 Å². The number of nitrogen functional groups attached to an aromatic ring is 1. The van der Waals surface area contributed by atoms with Gasteiger partial charge in [-0.25, -0.2) is 9.18 Å². The third kappa shape index (κ3) is 5.16. The molecular formula is C13H17BrFNO3. The number of ether oxygens (including phenoxy) is 1. The van der Waals surface area contributed by atoms with Gasteiger partial charge in [-0.3, -0.25) is 0 Å². The lowest BCUT2D eigenvalue weighted by atomic mass is 10.2. The van der Waals surface area contributed by atoms with Crippen LogP contribution in [0, 0.1) is 5.82 Å². The second-order valence-electron chi connectivity index (χ2n) is 4.13. The molecule has 0 fully saturated rings. The van der Waals surface area contributed by atoms with Crippen molar-refractivity contribution in [3.05, 3.63) is 28.0 Å². The molecule has 0 saturated heterocycles. The fourth-order valence-corrected chi connectivity index (χ4v) is 2.01. The molecule has 0 aromatic heterocycles. The first kappa shape index (κ1) is 15.9. The van der Waals surface area contributed by atoms with Crippen molar-refractivity contribution in [3.8, 4) is 0 Å². The van der Waals surface area contributed by atoms with E-state index in [1.54, 1.807) is 0 Å². The zero-order valence-electron chi connectivity index (χ0n) is 10.5. The maximum absolute atomic E-state index is 13.1. The molecule has 106 valence electrons. The van der Waals surface area contributed by atoms with Crippen molar-refractivity contribution in [2.45, 2.75) is 25.7 Å². The zero-order chi connectivity index (χ0) is 14.3. The van der Waals surface area contributed by atoms with Gasteiger partial charge < -0.3 is 15.6 Å². The largest absolute Gasteiger partial charge is 0.462 e. The molecule has 0 aliphatic carbocycles. The number of anilines is 1. The molecule has 0 aliphatic heterocycles. The van der Waals surface area contributed by atoms with Crippen molar-refractivity contribution in [2.75, 3.05) is 18.9 Å². The molecule has 3 N–H and O–H groups in total. The first-order valence-corrected chi connectivity index (χ1v) is 6.88. The predicted octanol–water partition coefficient (Wildman–Crippen LogP) is 2.88. The van der Waals surface area contributed by atoms with Crippen LogP contribution < -0.4 is 5.73 Å². The van der Waals surface area contributed by atoms with Crippen LogP contribution in [0.2, 0.25) is 0 Å². The highest BCUT2D eigenvalue weighted by molar-refractivity contribution is 9.10. The van der Waals surface area contributed by atoms with Crippen LogP contribution in [0.1, 0.15) is 36.0 Å². The van der Waals surface area contributed by atoms with Crippen LogP contribution in [0.3, 0.4) is 0 Å². The Morgan fingerprint density at radius 1 is 1.32 bits per heavy atom. The van der Waals surface area contributed by atoms with Gasteiger partial charge in [0.15, 0.2) is 0 Å². The van der Waals surface area contributed by atoms with Gasteiger partial charge in [0.2, 0.25) is 0 Å². The monoisotopic (exact) mass is 333 g/mol. The highest BCUT2D eigenvalue weighted by atomic mass is 79.9. The van der Waals surface area contributed by atoms with Gasteiger partial charge in [0, 0.05) is 11.1 Å². The fraction of sp³-hybridized carbons (Fsp3) is 0.462. The Morgan fingerprint density at radius 3 is 2.68 bits per heavy atom. The molecule has 0 atom stereocenters. The molecule has 6 heteroatoms. The number of carbonyl (C=O) groups is 1. The summed E-state index contributed by atoms with van der Waals surface area (Å²) >= 11 is 3.10. The van der Waals surface area contributed by atoms with E-state index in [9.17, 15) is 9.18 Å². The van der Waals surface area contributed by atoms with Crippen molar-refractivity contribution in [1.29, 1.82) is 0 Å². The van der Waals surface area contributed by atoms with E-state index in [1.807, 2.05) is 0 Å². The Hall–Kier alpha value is -1.14. The van der Waals surface area contributed by atoms with E-state index in [2.05, 4.69) is 15.9 Å². The maximum Gasteiger partial charge on any atom is 0.339 e. The lowest BCUT2D eigenvalue weighted by Crippen LogP contribution is -2.08. The van der Waals surface area contributed by atoms with Gasteiger partial charge in [0.1, 0.15) is 5.82 Å². The molecule has 0 heterocycles. The predicted molar refractivity (Wildman–Crippen MR) is 74.3 cm³/mol. The lowest BCUT2D eigenvalue weighted by molar-refractivity contribution is 0.0496. The molecule has 1 aromatic rings. The Balaban J connectivity index is 2.43. The summed E-state index contributed by atoms with van der Waals surface area (Å²) in [5.41, 5.74) is 5.54. The summed E-state index contributed by atoms with van der Waals surface area (Å²) in [7, 11) is 0. The zero-order valence-corrected chi connectivity index (χ0v) is 12.1. The minimum absolute atomic E-state index is 0.0851. The summed E-state index contributed by atoms with van der Waals surface area (Å²) in [6, 6.07) is 2.40. The van der Waals surface area contributed by atoms with Crippen LogP contribution in [0.25, 0.3) is 0 Å². The molecule has 1 aromatic carbocycles. The number of carbonyl (C=O) groups excluding carboxylic acids is 1. The summed E-state index contributed by atoms with van der Waals surface area (Å²) in [5.74, 6) is -1.10. The third-order valence-electron chi connectivity index (χ3n) is 2.59. The second-order valence-corrected chi connectivity index (χ2v) is 4.98. The topological polar surface area (TPSA) is 72.6 Å². The minimum Gasteiger partial charge on any atom is -0.462 e. The van der Waals surface area contributed by atoms with Crippen molar-refractivity contribution in [2.24, 2.45) is 0 Å². The average molecular weight is 334 g/mol. The number of nitrogens with two attached hydrogens (primary N) is 1. The molecular weight excluding hydrogens is 317 g/mol. The van der Waals surface area contributed by atoms with Crippen molar-refractivity contribution in [3.63, 3.8) is 0 Å². The highest BCUT2D eigenvalue weighted by Crippen LogP contribution is 2.23. The number of rotatable bonds is 7. The summed E-state index contributed by atoms with van der Waals surface area (Å²) in [6.07, 6.45) is 3.29. The number of esters is 1. The average Bonchev–Trinajstić information content (AvgIpc) is 2.37. The molecule has 4 nitrogen and oxygen atoms in total. The Bertz CT molecular complexity index is 440. The van der Waals surface area contributed by atoms with Crippen molar-refractivity contribution >= 4 is 27.6 Å². The van der Waals surface area contributed by atoms with Crippen LogP contribution in [0.5, 0.6) is 0 Å². The number of hydrogen-bond donors (Lipinski definition) is 2. The number of halogens is 2. The molecule has 0 spiro atoms. The minimum atomic E-state index is -0.576. The van der Waals surface area contributed by atoms with Gasteiger partial charge in [-0.2, -0.15) is 0 Å². The van der Waals surface area contributed by atoms with Crippen molar-refractivity contribution in [1.82, 2.24) is 0 Å². The molecule has 0 saturated carbocycles. The first-order valence-electron chi connectivity index (χ1n) is 6.08. The smallest absolute Gasteiger partial charge is 0.339 e. The fourth-order valence-electron chi connectivity index (χ4n) is 1.53. The number of unbranched alkanes of at least 4 members (excludes halogenated alkanes) is 3. The van der Waals surface area contributed by atoms with E-state index in [-0.39, 0.29) is 17.9 Å². The van der Waals surface area contributed by atoms with E-state index in [1.165, 1.54) is 6.07 Å². The molecule has 0 aliphatic rings. The van der Waals surface area contributed by atoms with Gasteiger partial charge in [-0.1, -0.05) is 6.42 Å². The summed E-state index contributed by atoms with van der Waals surface area (Å²) in [6.45, 7) is 0.482. The van der Waals surface area contributed by atoms with E-state index >= 15 is 0 Å². The molecule has 0 amide bonds. The Kier molecular flexibility index (Phi) is 6.80. The van der Waals surface area contributed by atoms with Crippen LogP contribution in [-0.4, -0.2) is 24.3 Å². The standard InChI is InChI=1S/C13H17BrFNO3/c14-10-8-11(15)12(16)7-9(10)13(18)19-6-4-2-1-3-5-17/h7-8,17H,1-6,16H2. The van der Waals surface area contributed by atoms with Gasteiger partial charge in [0.25, 0.3) is 0 Å². The number of benzene rings is 1. The molecule has 0 bridgehead atoms. The molecule has 19 heavy (non-hydrogen) atoms. The van der Waals surface area contributed by atoms with Crippen LogP contribution in [0.15, 0.2) is 16.6 Å². The SMILES string of the molecule is Nc1cc(C(=O)OCCCCCCO)c(Br)cc1F. The van der Waals surface area contributed by atoms with Crippen LogP contribution >= 0.6 is 15.9 Å². The molecule has 0 unspecified atom stereocenters. The van der Waals surface area contributed by atoms with E-state index in [0.29, 0.717) is 11.1 Å². The third-order valence-corrected chi connectivity index (χ3v) is 3.25. The van der Waals surface area contributed by atoms with Gasteiger partial charge in [-0.15, -0.1) is 0 Å². The normalized spacial score (nSPS) is 10.5. The van der Waals surface area contributed by atoms with Gasteiger partial charge >= 0.3 is 5.97 Å². The number of hydrogen-bond acceptors (Lipinski definition) is 4. The quantitative estimate of drug-likeness (QED) is 0.457. The van der Waals surface area contributed by atoms with E-state index in [4.69, 9.17) is 15.6 Å². The van der Waals surface area contributed by atoms with E-state index < -0.39 is 11.8 Å². The first-order chi connectivity index (χ1) is 9.06. The van der Waals surface area contributed by atoms with Crippen LogP contribution in [-0.2, 0) is 4.74 Å². The summed E-state index contributed by atoms with van der Waals surface area (Å²) in [4.78, 5) is 11.7. The van der Waals surface area contributed by atoms with Crippen molar-refractivity contribution < 1.29 is 19.0 Å². The highest BCUT2D eigenvalue weighted by Gasteiger charge is 2.14. The molecule has 1 rings (SSSR count). The molecule has 0 radical (unpaired) electrons. The number of aliphatic hydroxyl groups excluding tert-OH is 1.